The molecule has 0 saturated carbocycles. The number of allylic oxidation sites excluding steroid dienone is 1. The zero-order valence-electron chi connectivity index (χ0n) is 10.6. The molecule has 1 saturated heterocycles. The molecule has 0 aliphatic carbocycles. The van der Waals surface area contributed by atoms with Crippen molar-refractivity contribution in [1.29, 1.82) is 0 Å². The lowest BCUT2D eigenvalue weighted by Gasteiger charge is -2.34. The predicted octanol–water partition coefficient (Wildman–Crippen LogP) is 0.788. The quantitative estimate of drug-likeness (QED) is 0.705. The summed E-state index contributed by atoms with van der Waals surface area (Å²) in [4.78, 5) is 14.0. The van der Waals surface area contributed by atoms with Gasteiger partial charge in [-0.1, -0.05) is 6.08 Å². The molecule has 1 aliphatic rings. The molecule has 92 valence electrons. The molecule has 0 aromatic rings. The largest absolute Gasteiger partial charge is 0.378 e. The summed E-state index contributed by atoms with van der Waals surface area (Å²) < 4.78 is 5.13. The Morgan fingerprint density at radius 2 is 2.19 bits per heavy atom. The van der Waals surface area contributed by atoms with Crippen molar-refractivity contribution >= 4 is 5.91 Å². The molecule has 0 atom stereocenters. The minimum atomic E-state index is 0.0320. The highest BCUT2D eigenvalue weighted by atomic mass is 16.5. The van der Waals surface area contributed by atoms with Crippen LogP contribution in [-0.4, -0.2) is 49.7 Å². The molecule has 4 nitrogen and oxygen atoms in total. The van der Waals surface area contributed by atoms with Crippen LogP contribution in [0.2, 0.25) is 0 Å². The third kappa shape index (κ3) is 3.61. The minimum absolute atomic E-state index is 0.0320. The predicted molar refractivity (Wildman–Crippen MR) is 64.3 cm³/mol. The van der Waals surface area contributed by atoms with E-state index in [0.29, 0.717) is 12.6 Å². The zero-order valence-corrected chi connectivity index (χ0v) is 10.6. The molecule has 1 fully saturated rings. The van der Waals surface area contributed by atoms with E-state index < -0.39 is 0 Å². The summed E-state index contributed by atoms with van der Waals surface area (Å²) in [7, 11) is 2.03. The number of carbonyl (C=O) groups is 1. The molecule has 0 bridgehead atoms. The van der Waals surface area contributed by atoms with Crippen molar-refractivity contribution in [2.24, 2.45) is 0 Å². The summed E-state index contributed by atoms with van der Waals surface area (Å²) >= 11 is 0. The molecule has 1 aliphatic heterocycles. The Bertz CT molecular complexity index is 270. The van der Waals surface area contributed by atoms with E-state index in [0.717, 1.165) is 18.8 Å². The van der Waals surface area contributed by atoms with Crippen LogP contribution >= 0.6 is 0 Å². The monoisotopic (exact) mass is 226 g/mol. The van der Waals surface area contributed by atoms with Crippen LogP contribution in [0.15, 0.2) is 11.6 Å². The van der Waals surface area contributed by atoms with Gasteiger partial charge in [-0.25, -0.2) is 0 Å². The lowest BCUT2D eigenvalue weighted by atomic mass is 10.1. The lowest BCUT2D eigenvalue weighted by molar-refractivity contribution is -0.118. The van der Waals surface area contributed by atoms with Crippen LogP contribution in [0.1, 0.15) is 20.8 Å². The number of hydrogen-bond acceptors (Lipinski definition) is 3. The zero-order chi connectivity index (χ0) is 12.1. The number of rotatable bonds is 5. The number of ether oxygens (including phenoxy) is 1. The lowest BCUT2D eigenvalue weighted by Crippen LogP contribution is -2.48. The van der Waals surface area contributed by atoms with E-state index in [-0.39, 0.29) is 11.9 Å². The first-order valence-corrected chi connectivity index (χ1v) is 5.78. The fourth-order valence-electron chi connectivity index (χ4n) is 1.52. The van der Waals surface area contributed by atoms with Gasteiger partial charge in [-0.2, -0.15) is 0 Å². The molecular formula is C12H22N2O2. The van der Waals surface area contributed by atoms with Crippen LogP contribution in [0, 0.1) is 0 Å². The molecule has 1 amide bonds. The van der Waals surface area contributed by atoms with Gasteiger partial charge in [0.1, 0.15) is 0 Å². The van der Waals surface area contributed by atoms with Gasteiger partial charge in [0, 0.05) is 18.2 Å². The van der Waals surface area contributed by atoms with Crippen LogP contribution in [-0.2, 0) is 9.53 Å². The van der Waals surface area contributed by atoms with E-state index in [9.17, 15) is 4.79 Å². The van der Waals surface area contributed by atoms with Gasteiger partial charge >= 0.3 is 0 Å². The van der Waals surface area contributed by atoms with Gasteiger partial charge in [0.05, 0.1) is 19.3 Å². The average Bonchev–Trinajstić information content (AvgIpc) is 2.09. The first kappa shape index (κ1) is 13.2. The highest BCUT2D eigenvalue weighted by Crippen LogP contribution is 2.10. The van der Waals surface area contributed by atoms with Crippen LogP contribution in [0.5, 0.6) is 0 Å². The summed E-state index contributed by atoms with van der Waals surface area (Å²) in [6.45, 7) is 8.07. The van der Waals surface area contributed by atoms with Crippen molar-refractivity contribution in [3.63, 3.8) is 0 Å². The van der Waals surface area contributed by atoms with Crippen molar-refractivity contribution in [3.8, 4) is 0 Å². The third-order valence-electron chi connectivity index (χ3n) is 2.72. The second-order valence-electron chi connectivity index (χ2n) is 4.55. The molecule has 0 radical (unpaired) electrons. The molecule has 0 aromatic carbocycles. The molecule has 16 heavy (non-hydrogen) atoms. The first-order chi connectivity index (χ1) is 7.54. The molecule has 4 heteroatoms. The standard InChI is InChI=1S/C12H22N2O2/c1-5-10(12(15)13-9(2)3)6-14(4)11-7-16-8-11/h5,9,11H,6-8H2,1-4H3,(H,13,15)/b10-5+. The van der Waals surface area contributed by atoms with Gasteiger partial charge < -0.3 is 10.1 Å². The minimum Gasteiger partial charge on any atom is -0.378 e. The smallest absolute Gasteiger partial charge is 0.248 e. The van der Waals surface area contributed by atoms with E-state index >= 15 is 0 Å². The van der Waals surface area contributed by atoms with E-state index in [1.165, 1.54) is 0 Å². The van der Waals surface area contributed by atoms with Gasteiger partial charge in [0.15, 0.2) is 0 Å². The number of amides is 1. The van der Waals surface area contributed by atoms with E-state index in [4.69, 9.17) is 4.74 Å². The maximum Gasteiger partial charge on any atom is 0.248 e. The van der Waals surface area contributed by atoms with Gasteiger partial charge in [0.2, 0.25) is 5.91 Å². The highest BCUT2D eigenvalue weighted by Gasteiger charge is 2.24. The number of hydrogen-bond donors (Lipinski definition) is 1. The Morgan fingerprint density at radius 3 is 2.56 bits per heavy atom. The second kappa shape index (κ2) is 6.01. The summed E-state index contributed by atoms with van der Waals surface area (Å²) in [5.74, 6) is 0.0320. The molecule has 1 N–H and O–H groups in total. The normalized spacial score (nSPS) is 17.8. The first-order valence-electron chi connectivity index (χ1n) is 5.78. The number of carbonyl (C=O) groups excluding carboxylic acids is 1. The van der Waals surface area contributed by atoms with Crippen LogP contribution in [0.3, 0.4) is 0 Å². The van der Waals surface area contributed by atoms with Crippen molar-refractivity contribution in [2.45, 2.75) is 32.9 Å². The SMILES string of the molecule is C/C=C(\CN(C)C1COC1)C(=O)NC(C)C. The number of nitrogens with zero attached hydrogens (tertiary/aromatic N) is 1. The van der Waals surface area contributed by atoms with Gasteiger partial charge in [-0.15, -0.1) is 0 Å². The van der Waals surface area contributed by atoms with Crippen molar-refractivity contribution in [3.05, 3.63) is 11.6 Å². The molecule has 0 spiro atoms. The Hall–Kier alpha value is -0.870. The van der Waals surface area contributed by atoms with Gasteiger partial charge in [-0.3, -0.25) is 9.69 Å². The molecule has 0 unspecified atom stereocenters. The molecule has 1 rings (SSSR count). The van der Waals surface area contributed by atoms with E-state index in [1.54, 1.807) is 0 Å². The van der Waals surface area contributed by atoms with Gasteiger partial charge in [-0.05, 0) is 27.8 Å². The van der Waals surface area contributed by atoms with Crippen molar-refractivity contribution < 1.29 is 9.53 Å². The van der Waals surface area contributed by atoms with E-state index in [2.05, 4.69) is 10.2 Å². The second-order valence-corrected chi connectivity index (χ2v) is 4.55. The summed E-state index contributed by atoms with van der Waals surface area (Å²) in [5.41, 5.74) is 0.822. The maximum absolute atomic E-state index is 11.8. The van der Waals surface area contributed by atoms with Crippen LogP contribution in [0.4, 0.5) is 0 Å². The van der Waals surface area contributed by atoms with Crippen molar-refractivity contribution in [2.75, 3.05) is 26.8 Å². The van der Waals surface area contributed by atoms with Gasteiger partial charge in [0.25, 0.3) is 0 Å². The van der Waals surface area contributed by atoms with Crippen molar-refractivity contribution in [1.82, 2.24) is 10.2 Å². The molecule has 0 aromatic heterocycles. The average molecular weight is 226 g/mol. The Labute approximate surface area is 97.6 Å². The Morgan fingerprint density at radius 1 is 1.56 bits per heavy atom. The fourth-order valence-corrected chi connectivity index (χ4v) is 1.52. The summed E-state index contributed by atoms with van der Waals surface area (Å²) in [6.07, 6.45) is 1.88. The summed E-state index contributed by atoms with van der Waals surface area (Å²) in [5, 5.41) is 2.91. The van der Waals surface area contributed by atoms with E-state index in [1.807, 2.05) is 33.9 Å². The summed E-state index contributed by atoms with van der Waals surface area (Å²) in [6, 6.07) is 0.640. The molecular weight excluding hydrogens is 204 g/mol. The fraction of sp³-hybridized carbons (Fsp3) is 0.750. The Balaban J connectivity index is 2.44. The highest BCUT2D eigenvalue weighted by molar-refractivity contribution is 5.93. The van der Waals surface area contributed by atoms with Crippen LogP contribution < -0.4 is 5.32 Å². The topological polar surface area (TPSA) is 41.6 Å². The maximum atomic E-state index is 11.8. The Kier molecular flexibility index (Phi) is 4.96. The number of likely N-dealkylation sites (N-methyl/N-ethyl adjacent to an activating group) is 1. The third-order valence-corrected chi connectivity index (χ3v) is 2.72. The number of nitrogens with one attached hydrogen (secondary N) is 1. The molecule has 1 heterocycles. The van der Waals surface area contributed by atoms with Crippen LogP contribution in [0.25, 0.3) is 0 Å².